The zero-order valence-corrected chi connectivity index (χ0v) is 12.4. The van der Waals surface area contributed by atoms with Gasteiger partial charge in [-0.05, 0) is 54.0 Å². The van der Waals surface area contributed by atoms with E-state index in [9.17, 15) is 4.39 Å². The fourth-order valence-corrected chi connectivity index (χ4v) is 3.13. The first-order valence-corrected chi connectivity index (χ1v) is 7.27. The van der Waals surface area contributed by atoms with Crippen LogP contribution in [0.25, 0.3) is 10.9 Å². The molecule has 1 atom stereocenters. The Morgan fingerprint density at radius 3 is 3.00 bits per heavy atom. The standard InChI is InChI=1S/C12H11ClFIN2O/c13-7-5-8-11(9(14)6-7)17(16-12(8)15)10-3-1-2-4-18-10/h5-6,10H,1-4H2. The molecule has 0 spiro atoms. The predicted molar refractivity (Wildman–Crippen MR) is 76.3 cm³/mol. The number of hydrogen-bond acceptors (Lipinski definition) is 2. The molecule has 3 nitrogen and oxygen atoms in total. The third-order valence-electron chi connectivity index (χ3n) is 3.10. The van der Waals surface area contributed by atoms with Gasteiger partial charge in [0.25, 0.3) is 0 Å². The Hall–Kier alpha value is -0.400. The van der Waals surface area contributed by atoms with E-state index in [0.29, 0.717) is 17.1 Å². The van der Waals surface area contributed by atoms with Crippen molar-refractivity contribution in [2.24, 2.45) is 0 Å². The maximum Gasteiger partial charge on any atom is 0.151 e. The molecule has 1 aromatic heterocycles. The van der Waals surface area contributed by atoms with Gasteiger partial charge in [-0.1, -0.05) is 11.6 Å². The van der Waals surface area contributed by atoms with Crippen molar-refractivity contribution in [1.82, 2.24) is 9.78 Å². The molecule has 0 saturated carbocycles. The van der Waals surface area contributed by atoms with Crippen molar-refractivity contribution < 1.29 is 9.13 Å². The quantitative estimate of drug-likeness (QED) is 0.696. The fourth-order valence-electron chi connectivity index (χ4n) is 2.28. The summed E-state index contributed by atoms with van der Waals surface area (Å²) in [5.41, 5.74) is 0.482. The number of fused-ring (bicyclic) bond motifs is 1. The highest BCUT2D eigenvalue weighted by Crippen LogP contribution is 2.31. The lowest BCUT2D eigenvalue weighted by molar-refractivity contribution is -0.0371. The maximum atomic E-state index is 14.1. The van der Waals surface area contributed by atoms with Gasteiger partial charge < -0.3 is 4.74 Å². The summed E-state index contributed by atoms with van der Waals surface area (Å²) in [6.45, 7) is 0.706. The molecule has 1 fully saturated rings. The molecule has 6 heteroatoms. The van der Waals surface area contributed by atoms with Crippen LogP contribution in [0, 0.1) is 9.52 Å². The highest BCUT2D eigenvalue weighted by Gasteiger charge is 2.22. The van der Waals surface area contributed by atoms with Crippen molar-refractivity contribution in [3.05, 3.63) is 26.7 Å². The molecule has 1 aromatic carbocycles. The van der Waals surface area contributed by atoms with Gasteiger partial charge in [-0.15, -0.1) is 0 Å². The van der Waals surface area contributed by atoms with E-state index in [1.807, 2.05) is 0 Å². The molecular formula is C12H11ClFIN2O. The summed E-state index contributed by atoms with van der Waals surface area (Å²) in [5.74, 6) is -0.345. The summed E-state index contributed by atoms with van der Waals surface area (Å²) >= 11 is 7.97. The Balaban J connectivity index is 2.17. The number of ether oxygens (including phenoxy) is 1. The minimum absolute atomic E-state index is 0.166. The van der Waals surface area contributed by atoms with Crippen LogP contribution in [0.4, 0.5) is 4.39 Å². The summed E-state index contributed by atoms with van der Waals surface area (Å²) < 4.78 is 22.1. The number of rotatable bonds is 1. The van der Waals surface area contributed by atoms with Crippen molar-refractivity contribution in [1.29, 1.82) is 0 Å². The van der Waals surface area contributed by atoms with Crippen molar-refractivity contribution in [3.63, 3.8) is 0 Å². The van der Waals surface area contributed by atoms with E-state index in [4.69, 9.17) is 16.3 Å². The maximum absolute atomic E-state index is 14.1. The summed E-state index contributed by atoms with van der Waals surface area (Å²) in [5, 5.41) is 5.53. The first-order valence-electron chi connectivity index (χ1n) is 5.81. The minimum atomic E-state index is -0.345. The van der Waals surface area contributed by atoms with Crippen molar-refractivity contribution >= 4 is 45.1 Å². The molecule has 0 aliphatic carbocycles. The van der Waals surface area contributed by atoms with Gasteiger partial charge >= 0.3 is 0 Å². The molecule has 1 aliphatic rings. The SMILES string of the molecule is Fc1cc(Cl)cc2c(I)nn(C3CCCCO3)c12. The molecule has 1 aliphatic heterocycles. The molecule has 0 amide bonds. The van der Waals surface area contributed by atoms with E-state index >= 15 is 0 Å². The predicted octanol–water partition coefficient (Wildman–Crippen LogP) is 4.13. The molecule has 1 unspecified atom stereocenters. The fraction of sp³-hybridized carbons (Fsp3) is 0.417. The van der Waals surface area contributed by atoms with Crippen LogP contribution < -0.4 is 0 Å². The summed E-state index contributed by atoms with van der Waals surface area (Å²) in [4.78, 5) is 0. The molecule has 0 radical (unpaired) electrons. The van der Waals surface area contributed by atoms with Crippen LogP contribution in [0.5, 0.6) is 0 Å². The smallest absolute Gasteiger partial charge is 0.151 e. The Morgan fingerprint density at radius 2 is 2.28 bits per heavy atom. The molecule has 0 bridgehead atoms. The van der Waals surface area contributed by atoms with E-state index in [1.54, 1.807) is 10.7 Å². The van der Waals surface area contributed by atoms with Crippen LogP contribution in [0.2, 0.25) is 5.02 Å². The van der Waals surface area contributed by atoms with Gasteiger partial charge in [0, 0.05) is 17.0 Å². The third kappa shape index (κ3) is 2.12. The molecule has 3 rings (SSSR count). The first-order chi connectivity index (χ1) is 8.66. The van der Waals surface area contributed by atoms with E-state index in [0.717, 1.165) is 28.3 Å². The van der Waals surface area contributed by atoms with Crippen LogP contribution in [0.3, 0.4) is 0 Å². The number of benzene rings is 1. The monoisotopic (exact) mass is 380 g/mol. The average Bonchev–Trinajstić information content (AvgIpc) is 2.68. The van der Waals surface area contributed by atoms with Crippen molar-refractivity contribution in [2.45, 2.75) is 25.5 Å². The second-order valence-corrected chi connectivity index (χ2v) is 5.80. The second kappa shape index (κ2) is 4.94. The van der Waals surface area contributed by atoms with E-state index in [2.05, 4.69) is 27.7 Å². The lowest BCUT2D eigenvalue weighted by Crippen LogP contribution is -2.19. The lowest BCUT2D eigenvalue weighted by Gasteiger charge is -2.23. The highest BCUT2D eigenvalue weighted by atomic mass is 127. The molecule has 96 valence electrons. The topological polar surface area (TPSA) is 27.1 Å². The highest BCUT2D eigenvalue weighted by molar-refractivity contribution is 14.1. The average molecular weight is 381 g/mol. The van der Waals surface area contributed by atoms with Gasteiger partial charge in [0.15, 0.2) is 12.0 Å². The minimum Gasteiger partial charge on any atom is -0.356 e. The first kappa shape index (κ1) is 12.6. The Bertz CT molecular complexity index is 595. The normalized spacial score (nSPS) is 20.5. The Labute approximate surface area is 122 Å². The molecule has 1 saturated heterocycles. The van der Waals surface area contributed by atoms with Crippen LogP contribution in [-0.4, -0.2) is 16.4 Å². The van der Waals surface area contributed by atoms with Crippen LogP contribution >= 0.6 is 34.2 Å². The summed E-state index contributed by atoms with van der Waals surface area (Å²) in [6.07, 6.45) is 2.84. The van der Waals surface area contributed by atoms with E-state index in [1.165, 1.54) is 6.07 Å². The van der Waals surface area contributed by atoms with Crippen LogP contribution in [0.1, 0.15) is 25.5 Å². The van der Waals surface area contributed by atoms with Gasteiger partial charge in [0.1, 0.15) is 9.22 Å². The molecule has 18 heavy (non-hydrogen) atoms. The Kier molecular flexibility index (Phi) is 3.46. The van der Waals surface area contributed by atoms with Crippen LogP contribution in [-0.2, 0) is 4.74 Å². The van der Waals surface area contributed by atoms with Gasteiger partial charge in [0.05, 0.1) is 0 Å². The number of nitrogens with zero attached hydrogens (tertiary/aromatic N) is 2. The van der Waals surface area contributed by atoms with E-state index in [-0.39, 0.29) is 12.0 Å². The van der Waals surface area contributed by atoms with Gasteiger partial charge in [-0.25, -0.2) is 9.07 Å². The zero-order valence-electron chi connectivity index (χ0n) is 9.50. The zero-order chi connectivity index (χ0) is 12.7. The lowest BCUT2D eigenvalue weighted by atomic mass is 10.2. The van der Waals surface area contributed by atoms with E-state index < -0.39 is 0 Å². The van der Waals surface area contributed by atoms with Crippen molar-refractivity contribution in [3.8, 4) is 0 Å². The summed E-state index contributed by atoms with van der Waals surface area (Å²) in [7, 11) is 0. The van der Waals surface area contributed by atoms with Gasteiger partial charge in [0.2, 0.25) is 0 Å². The molecule has 2 heterocycles. The summed E-state index contributed by atoms with van der Waals surface area (Å²) in [6, 6.07) is 3.06. The van der Waals surface area contributed by atoms with Gasteiger partial charge in [-0.2, -0.15) is 5.10 Å². The molecule has 0 N–H and O–H groups in total. The second-order valence-electron chi connectivity index (χ2n) is 4.34. The molecule has 2 aromatic rings. The van der Waals surface area contributed by atoms with Gasteiger partial charge in [-0.3, -0.25) is 0 Å². The largest absolute Gasteiger partial charge is 0.356 e. The number of hydrogen-bond donors (Lipinski definition) is 0. The van der Waals surface area contributed by atoms with Crippen molar-refractivity contribution in [2.75, 3.05) is 6.61 Å². The van der Waals surface area contributed by atoms with Crippen LogP contribution in [0.15, 0.2) is 12.1 Å². The Morgan fingerprint density at radius 1 is 1.44 bits per heavy atom. The molecular weight excluding hydrogens is 370 g/mol. The number of aromatic nitrogens is 2. The third-order valence-corrected chi connectivity index (χ3v) is 4.12. The number of halogens is 3.